The summed E-state index contributed by atoms with van der Waals surface area (Å²) in [6, 6.07) is 10.6. The van der Waals surface area contributed by atoms with Crippen molar-refractivity contribution in [1.82, 2.24) is 14.1 Å². The summed E-state index contributed by atoms with van der Waals surface area (Å²) in [4.78, 5) is 30.3. The van der Waals surface area contributed by atoms with Crippen LogP contribution in [0.1, 0.15) is 34.5 Å². The van der Waals surface area contributed by atoms with Gasteiger partial charge in [0.25, 0.3) is 5.91 Å². The molecule has 0 atom stereocenters. The van der Waals surface area contributed by atoms with E-state index in [0.717, 1.165) is 10.4 Å². The first kappa shape index (κ1) is 22.9. The highest BCUT2D eigenvalue weighted by molar-refractivity contribution is 7.89. The lowest BCUT2D eigenvalue weighted by Gasteiger charge is -2.33. The minimum Gasteiger partial charge on any atom is -0.341 e. The Morgan fingerprint density at radius 2 is 1.62 bits per heavy atom. The average molecular weight is 476 g/mol. The molecule has 32 heavy (non-hydrogen) atoms. The number of carbonyl (C=O) groups is 2. The van der Waals surface area contributed by atoms with E-state index >= 15 is 0 Å². The van der Waals surface area contributed by atoms with E-state index in [4.69, 9.17) is 0 Å². The summed E-state index contributed by atoms with van der Waals surface area (Å²) in [5.74, 6) is 0.0167. The van der Waals surface area contributed by atoms with Crippen LogP contribution in [0.5, 0.6) is 0 Å². The zero-order valence-corrected chi connectivity index (χ0v) is 19.9. The van der Waals surface area contributed by atoms with Crippen molar-refractivity contribution in [2.75, 3.05) is 39.3 Å². The van der Waals surface area contributed by atoms with Crippen LogP contribution in [0.4, 0.5) is 0 Å². The molecule has 0 spiro atoms. The highest BCUT2D eigenvalue weighted by Gasteiger charge is 2.33. The largest absolute Gasteiger partial charge is 0.341 e. The third-order valence-electron chi connectivity index (χ3n) is 6.29. The molecule has 9 heteroatoms. The van der Waals surface area contributed by atoms with Crippen molar-refractivity contribution in [2.24, 2.45) is 5.92 Å². The van der Waals surface area contributed by atoms with Gasteiger partial charge in [-0.15, -0.1) is 11.3 Å². The van der Waals surface area contributed by atoms with Gasteiger partial charge < -0.3 is 9.80 Å². The van der Waals surface area contributed by atoms with E-state index in [1.54, 1.807) is 24.3 Å². The summed E-state index contributed by atoms with van der Waals surface area (Å²) in [5, 5.41) is 1.89. The molecule has 1 aromatic heterocycles. The number of sulfonamides is 1. The van der Waals surface area contributed by atoms with Crippen LogP contribution < -0.4 is 0 Å². The first-order valence-electron chi connectivity index (χ1n) is 11.0. The summed E-state index contributed by atoms with van der Waals surface area (Å²) in [6.45, 7) is 4.76. The van der Waals surface area contributed by atoms with E-state index in [9.17, 15) is 18.0 Å². The molecule has 2 aromatic rings. The summed E-state index contributed by atoms with van der Waals surface area (Å²) in [6.07, 6.45) is 1.92. The number of nitrogens with zero attached hydrogens (tertiary/aromatic N) is 3. The summed E-state index contributed by atoms with van der Waals surface area (Å²) >= 11 is 1.44. The quantitative estimate of drug-likeness (QED) is 0.681. The van der Waals surface area contributed by atoms with Gasteiger partial charge in [0.05, 0.1) is 9.77 Å². The zero-order chi connectivity index (χ0) is 22.7. The third kappa shape index (κ3) is 4.89. The van der Waals surface area contributed by atoms with Crippen molar-refractivity contribution in [2.45, 2.75) is 31.1 Å². The topological polar surface area (TPSA) is 78.0 Å². The molecular formula is C23H29N3O4S2. The van der Waals surface area contributed by atoms with Gasteiger partial charge in [-0.2, -0.15) is 4.31 Å². The maximum Gasteiger partial charge on any atom is 0.263 e. The van der Waals surface area contributed by atoms with Crippen LogP contribution >= 0.6 is 11.3 Å². The minimum absolute atomic E-state index is 0.0395. The Labute approximate surface area is 193 Å². The number of amides is 2. The van der Waals surface area contributed by atoms with Gasteiger partial charge in [0, 0.05) is 45.2 Å². The molecule has 2 saturated heterocycles. The molecule has 2 aliphatic rings. The Balaban J connectivity index is 1.33. The van der Waals surface area contributed by atoms with Crippen molar-refractivity contribution in [3.05, 3.63) is 52.2 Å². The Hall–Kier alpha value is -2.23. The van der Waals surface area contributed by atoms with Gasteiger partial charge in [-0.25, -0.2) is 8.42 Å². The van der Waals surface area contributed by atoms with Crippen LogP contribution in [0.15, 0.2) is 46.7 Å². The lowest BCUT2D eigenvalue weighted by Crippen LogP contribution is -2.45. The third-order valence-corrected chi connectivity index (χ3v) is 9.06. The minimum atomic E-state index is -3.56. The van der Waals surface area contributed by atoms with Crippen molar-refractivity contribution in [3.8, 4) is 0 Å². The number of hydrogen-bond donors (Lipinski definition) is 0. The van der Waals surface area contributed by atoms with Gasteiger partial charge in [-0.05, 0) is 49.8 Å². The van der Waals surface area contributed by atoms with Crippen molar-refractivity contribution < 1.29 is 18.0 Å². The van der Waals surface area contributed by atoms with E-state index in [1.807, 2.05) is 34.2 Å². The van der Waals surface area contributed by atoms with Crippen LogP contribution in [0, 0.1) is 12.8 Å². The molecule has 2 fully saturated rings. The van der Waals surface area contributed by atoms with Gasteiger partial charge >= 0.3 is 0 Å². The van der Waals surface area contributed by atoms with Gasteiger partial charge in [0.2, 0.25) is 15.9 Å². The molecule has 2 aliphatic heterocycles. The van der Waals surface area contributed by atoms with E-state index < -0.39 is 10.0 Å². The van der Waals surface area contributed by atoms with Crippen molar-refractivity contribution in [3.63, 3.8) is 0 Å². The predicted molar refractivity (Wildman–Crippen MR) is 124 cm³/mol. The van der Waals surface area contributed by atoms with Gasteiger partial charge in [0.15, 0.2) is 0 Å². The maximum atomic E-state index is 13.1. The molecule has 4 rings (SSSR count). The van der Waals surface area contributed by atoms with Crippen LogP contribution in [0.25, 0.3) is 0 Å². The predicted octanol–water partition coefficient (Wildman–Crippen LogP) is 2.83. The summed E-state index contributed by atoms with van der Waals surface area (Å²) < 4.78 is 27.5. The molecule has 172 valence electrons. The Bertz CT molecular complexity index is 1040. The number of hydrogen-bond acceptors (Lipinski definition) is 5. The summed E-state index contributed by atoms with van der Waals surface area (Å²) in [7, 11) is -3.56. The first-order chi connectivity index (χ1) is 15.4. The van der Waals surface area contributed by atoms with Crippen LogP contribution in [0.3, 0.4) is 0 Å². The van der Waals surface area contributed by atoms with Crippen LogP contribution in [-0.4, -0.2) is 73.6 Å². The lowest BCUT2D eigenvalue weighted by atomic mass is 9.95. The smallest absolute Gasteiger partial charge is 0.263 e. The highest BCUT2D eigenvalue weighted by Crippen LogP contribution is 2.24. The van der Waals surface area contributed by atoms with Crippen LogP contribution in [-0.2, 0) is 14.8 Å². The first-order valence-corrected chi connectivity index (χ1v) is 13.4. The average Bonchev–Trinajstić information content (AvgIpc) is 3.22. The number of likely N-dealkylation sites (tertiary alicyclic amines) is 1. The van der Waals surface area contributed by atoms with E-state index in [1.165, 1.54) is 15.6 Å². The maximum absolute atomic E-state index is 13.1. The fraction of sp³-hybridized carbons (Fsp3) is 0.478. The molecule has 1 aromatic carbocycles. The molecular weight excluding hydrogens is 446 g/mol. The second-order valence-electron chi connectivity index (χ2n) is 8.44. The fourth-order valence-electron chi connectivity index (χ4n) is 4.36. The SMILES string of the molecule is Cc1ccc(S(=O)(=O)N2CCCN(C(=O)C3CCN(C(=O)c4cccs4)CC3)CC2)cc1. The highest BCUT2D eigenvalue weighted by atomic mass is 32.2. The molecule has 0 bridgehead atoms. The number of aryl methyl sites for hydroxylation is 1. The number of piperidine rings is 1. The Morgan fingerprint density at radius 3 is 2.28 bits per heavy atom. The number of carbonyl (C=O) groups excluding carboxylic acids is 2. The van der Waals surface area contributed by atoms with E-state index in [0.29, 0.717) is 63.4 Å². The van der Waals surface area contributed by atoms with Gasteiger partial charge in [-0.3, -0.25) is 9.59 Å². The van der Waals surface area contributed by atoms with Crippen molar-refractivity contribution in [1.29, 1.82) is 0 Å². The lowest BCUT2D eigenvalue weighted by molar-refractivity contribution is -0.136. The number of thiophene rings is 1. The molecule has 2 amide bonds. The van der Waals surface area contributed by atoms with E-state index in [2.05, 4.69) is 0 Å². The Morgan fingerprint density at radius 1 is 0.906 bits per heavy atom. The fourth-order valence-corrected chi connectivity index (χ4v) is 6.52. The van der Waals surface area contributed by atoms with E-state index in [-0.39, 0.29) is 17.7 Å². The van der Waals surface area contributed by atoms with Crippen molar-refractivity contribution >= 4 is 33.2 Å². The normalized spacial score (nSPS) is 19.0. The van der Waals surface area contributed by atoms with Gasteiger partial charge in [0.1, 0.15) is 0 Å². The monoisotopic (exact) mass is 475 g/mol. The molecule has 3 heterocycles. The second kappa shape index (κ2) is 9.72. The number of rotatable bonds is 4. The molecule has 0 unspecified atom stereocenters. The Kier molecular flexibility index (Phi) is 6.97. The second-order valence-corrected chi connectivity index (χ2v) is 11.3. The van der Waals surface area contributed by atoms with Gasteiger partial charge in [-0.1, -0.05) is 23.8 Å². The molecule has 0 radical (unpaired) electrons. The molecule has 7 nitrogen and oxygen atoms in total. The zero-order valence-electron chi connectivity index (χ0n) is 18.3. The van der Waals surface area contributed by atoms with Crippen LogP contribution in [0.2, 0.25) is 0 Å². The molecule has 0 aliphatic carbocycles. The standard InChI is InChI=1S/C23H29N3O4S2/c1-18-5-7-20(8-6-18)32(29,30)26-12-3-11-24(15-16-26)22(27)19-9-13-25(14-10-19)23(28)21-4-2-17-31-21/h2,4-8,17,19H,3,9-16H2,1H3. The number of benzene rings is 1. The molecule has 0 saturated carbocycles. The summed E-state index contributed by atoms with van der Waals surface area (Å²) in [5.41, 5.74) is 1.01. The molecule has 0 N–H and O–H groups in total.